The van der Waals surface area contributed by atoms with Gasteiger partial charge in [-0.15, -0.1) is 0 Å². The fourth-order valence-electron chi connectivity index (χ4n) is 6.82. The minimum Gasteiger partial charge on any atom is -0.343 e. The molecule has 3 atom stereocenters. The normalized spacial score (nSPS) is 20.0. The first-order chi connectivity index (χ1) is 24.0. The molecule has 2 unspecified atom stereocenters. The standard InChI is InChI=1S/C35H40F4N6O4S/c36-25-7-5-23(6-8-25)33(24-16-26(37)18-27(38)17-24)34(43-32(46)15-22-3-4-22)35(47)42-31-21-41-20-30(39)29(31)10-9-28-19-40-11-14-45(28)50(48,49)44-12-1-2-13-44/h5-8,16-18,20-22,28,33-34,40H,1-4,9-15,19H2,(H,42,47)(H,43,46)/t28-,33?,34?/m0/s1. The molecule has 2 aromatic carbocycles. The molecule has 3 N–H and O–H groups in total. The quantitative estimate of drug-likeness (QED) is 0.228. The van der Waals surface area contributed by atoms with Crippen LogP contribution in [-0.2, 0) is 26.2 Å². The molecule has 0 spiro atoms. The lowest BCUT2D eigenvalue weighted by Gasteiger charge is -2.37. The largest absolute Gasteiger partial charge is 0.343 e. The number of piperazine rings is 1. The van der Waals surface area contributed by atoms with Crippen LogP contribution < -0.4 is 16.0 Å². The van der Waals surface area contributed by atoms with Crippen molar-refractivity contribution >= 4 is 27.7 Å². The summed E-state index contributed by atoms with van der Waals surface area (Å²) in [6.45, 7) is 2.01. The first kappa shape index (κ1) is 35.9. The lowest BCUT2D eigenvalue weighted by Crippen LogP contribution is -2.57. The number of rotatable bonds is 13. The van der Waals surface area contributed by atoms with Crippen molar-refractivity contribution in [3.8, 4) is 0 Å². The zero-order chi connectivity index (χ0) is 35.4. The van der Waals surface area contributed by atoms with Gasteiger partial charge < -0.3 is 16.0 Å². The molecule has 1 aliphatic carbocycles. The molecule has 6 rings (SSSR count). The van der Waals surface area contributed by atoms with Crippen molar-refractivity contribution in [3.05, 3.63) is 94.8 Å². The number of benzene rings is 2. The Morgan fingerprint density at radius 2 is 1.62 bits per heavy atom. The Labute approximate surface area is 288 Å². The number of aromatic nitrogens is 1. The fraction of sp³-hybridized carbons (Fsp3) is 0.457. The van der Waals surface area contributed by atoms with Gasteiger partial charge in [-0.25, -0.2) is 17.6 Å². The number of amides is 2. The third-order valence-electron chi connectivity index (χ3n) is 9.55. The predicted molar refractivity (Wildman–Crippen MR) is 178 cm³/mol. The first-order valence-electron chi connectivity index (χ1n) is 16.9. The molecular weight excluding hydrogens is 676 g/mol. The van der Waals surface area contributed by atoms with Gasteiger partial charge in [-0.05, 0) is 79.8 Å². The van der Waals surface area contributed by atoms with Gasteiger partial charge in [0.1, 0.15) is 29.3 Å². The number of nitrogens with one attached hydrogen (secondary N) is 3. The van der Waals surface area contributed by atoms with Gasteiger partial charge >= 0.3 is 0 Å². The van der Waals surface area contributed by atoms with Crippen LogP contribution in [0.25, 0.3) is 0 Å². The van der Waals surface area contributed by atoms with Gasteiger partial charge in [-0.3, -0.25) is 14.6 Å². The van der Waals surface area contributed by atoms with Crippen LogP contribution in [0.3, 0.4) is 0 Å². The molecule has 3 fully saturated rings. The summed E-state index contributed by atoms with van der Waals surface area (Å²) in [7, 11) is -3.72. The summed E-state index contributed by atoms with van der Waals surface area (Å²) in [6, 6.07) is 5.83. The lowest BCUT2D eigenvalue weighted by molar-refractivity contribution is -0.127. The molecule has 2 aliphatic heterocycles. The minimum absolute atomic E-state index is 0.00237. The van der Waals surface area contributed by atoms with E-state index in [1.807, 2.05) is 0 Å². The van der Waals surface area contributed by atoms with Gasteiger partial charge in [0.25, 0.3) is 10.2 Å². The van der Waals surface area contributed by atoms with E-state index in [0.29, 0.717) is 37.8 Å². The SMILES string of the molecule is O=C(CC1CC1)NC(C(=O)Nc1cncc(F)c1CC[C@H]1CNCCN1S(=O)(=O)N1CCCC1)C(c1ccc(F)cc1)c1cc(F)cc(F)c1. The highest BCUT2D eigenvalue weighted by Gasteiger charge is 2.38. The van der Waals surface area contributed by atoms with Crippen LogP contribution in [0.4, 0.5) is 23.2 Å². The molecule has 3 aromatic rings. The van der Waals surface area contributed by atoms with E-state index in [1.54, 1.807) is 0 Å². The third-order valence-corrected chi connectivity index (χ3v) is 11.6. The number of pyridine rings is 1. The molecule has 2 amide bonds. The highest BCUT2D eigenvalue weighted by atomic mass is 32.2. The Balaban J connectivity index is 1.29. The highest BCUT2D eigenvalue weighted by molar-refractivity contribution is 7.86. The smallest absolute Gasteiger partial charge is 0.282 e. The maximum absolute atomic E-state index is 15.5. The molecule has 0 bridgehead atoms. The van der Waals surface area contributed by atoms with Crippen molar-refractivity contribution in [1.82, 2.24) is 24.2 Å². The molecule has 3 heterocycles. The molecule has 10 nitrogen and oxygen atoms in total. The number of hydrogen-bond acceptors (Lipinski definition) is 6. The topological polar surface area (TPSA) is 124 Å². The predicted octanol–water partition coefficient (Wildman–Crippen LogP) is 4.24. The van der Waals surface area contributed by atoms with Crippen LogP contribution in [0.15, 0.2) is 54.9 Å². The molecule has 268 valence electrons. The average molecular weight is 717 g/mol. The molecule has 3 aliphatic rings. The van der Waals surface area contributed by atoms with Crippen LogP contribution in [-0.4, -0.2) is 78.6 Å². The van der Waals surface area contributed by atoms with Crippen LogP contribution in [0.1, 0.15) is 61.1 Å². The van der Waals surface area contributed by atoms with Gasteiger partial charge in [0.2, 0.25) is 11.8 Å². The fourth-order valence-corrected chi connectivity index (χ4v) is 8.72. The van der Waals surface area contributed by atoms with E-state index in [4.69, 9.17) is 0 Å². The lowest BCUT2D eigenvalue weighted by atomic mass is 9.84. The van der Waals surface area contributed by atoms with Crippen molar-refractivity contribution in [2.24, 2.45) is 5.92 Å². The summed E-state index contributed by atoms with van der Waals surface area (Å²) in [4.78, 5) is 31.3. The van der Waals surface area contributed by atoms with Crippen LogP contribution in [0.5, 0.6) is 0 Å². The van der Waals surface area contributed by atoms with Crippen molar-refractivity contribution < 1.29 is 35.6 Å². The molecule has 50 heavy (non-hydrogen) atoms. The Hall–Kier alpha value is -3.92. The van der Waals surface area contributed by atoms with Gasteiger partial charge in [-0.2, -0.15) is 17.0 Å². The number of halogens is 4. The van der Waals surface area contributed by atoms with Gasteiger partial charge in [0.15, 0.2) is 0 Å². The summed E-state index contributed by atoms with van der Waals surface area (Å²) >= 11 is 0. The Morgan fingerprint density at radius 3 is 2.30 bits per heavy atom. The van der Waals surface area contributed by atoms with Gasteiger partial charge in [0, 0.05) is 62.7 Å². The Kier molecular flexibility index (Phi) is 11.2. The van der Waals surface area contributed by atoms with E-state index in [1.165, 1.54) is 26.9 Å². The maximum atomic E-state index is 15.5. The van der Waals surface area contributed by atoms with Crippen LogP contribution >= 0.6 is 0 Å². The van der Waals surface area contributed by atoms with E-state index < -0.39 is 63.3 Å². The van der Waals surface area contributed by atoms with Crippen molar-refractivity contribution in [2.45, 2.75) is 62.9 Å². The summed E-state index contributed by atoms with van der Waals surface area (Å²) in [5.74, 6) is -5.43. The molecule has 2 saturated heterocycles. The van der Waals surface area contributed by atoms with E-state index in [9.17, 15) is 31.2 Å². The van der Waals surface area contributed by atoms with Crippen LogP contribution in [0, 0.1) is 29.2 Å². The van der Waals surface area contributed by atoms with Crippen molar-refractivity contribution in [3.63, 3.8) is 0 Å². The highest BCUT2D eigenvalue weighted by Crippen LogP contribution is 2.34. The van der Waals surface area contributed by atoms with E-state index in [2.05, 4.69) is 20.9 Å². The molecule has 1 saturated carbocycles. The summed E-state index contributed by atoms with van der Waals surface area (Å²) in [6.07, 6.45) is 5.94. The summed E-state index contributed by atoms with van der Waals surface area (Å²) in [5.41, 5.74) is 0.390. The monoisotopic (exact) mass is 716 g/mol. The number of carbonyl (C=O) groups excluding carboxylic acids is 2. The van der Waals surface area contributed by atoms with Crippen molar-refractivity contribution in [2.75, 3.05) is 38.0 Å². The minimum atomic E-state index is -3.72. The zero-order valence-electron chi connectivity index (χ0n) is 27.4. The molecular formula is C35H40F4N6O4S. The van der Waals surface area contributed by atoms with Crippen molar-refractivity contribution in [1.29, 1.82) is 0 Å². The van der Waals surface area contributed by atoms with Gasteiger partial charge in [0.05, 0.1) is 18.1 Å². The number of carbonyl (C=O) groups is 2. The summed E-state index contributed by atoms with van der Waals surface area (Å²) < 4.78 is 88.4. The Bertz CT molecular complexity index is 1780. The average Bonchev–Trinajstić information content (AvgIpc) is 3.70. The molecule has 1 aromatic heterocycles. The molecule has 15 heteroatoms. The Morgan fingerprint density at radius 1 is 0.920 bits per heavy atom. The first-order valence-corrected chi connectivity index (χ1v) is 18.3. The maximum Gasteiger partial charge on any atom is 0.282 e. The second-order valence-corrected chi connectivity index (χ2v) is 15.1. The van der Waals surface area contributed by atoms with Crippen LogP contribution in [0.2, 0.25) is 0 Å². The van der Waals surface area contributed by atoms with E-state index in [0.717, 1.165) is 56.1 Å². The van der Waals surface area contributed by atoms with E-state index >= 15 is 4.39 Å². The molecule has 0 radical (unpaired) electrons. The summed E-state index contributed by atoms with van der Waals surface area (Å²) in [5, 5.41) is 8.64. The number of nitrogens with zero attached hydrogens (tertiary/aromatic N) is 3. The zero-order valence-corrected chi connectivity index (χ0v) is 28.2. The number of anilines is 1. The third kappa shape index (κ3) is 8.50. The number of hydrogen-bond donors (Lipinski definition) is 3. The second kappa shape index (κ2) is 15.5. The van der Waals surface area contributed by atoms with E-state index in [-0.39, 0.29) is 48.5 Å². The van der Waals surface area contributed by atoms with Gasteiger partial charge in [-0.1, -0.05) is 12.1 Å². The second-order valence-electron chi connectivity index (χ2n) is 13.2.